The molecule has 1 aromatic rings. The molecule has 82 valence electrons. The second-order valence-corrected chi connectivity index (χ2v) is 5.99. The van der Waals surface area contributed by atoms with Gasteiger partial charge >= 0.3 is 0 Å². The minimum absolute atomic E-state index is 0.646. The summed E-state index contributed by atoms with van der Waals surface area (Å²) in [6, 6.07) is 0. The molecule has 1 aromatic heterocycles. The molecule has 5 heteroatoms. The van der Waals surface area contributed by atoms with Crippen molar-refractivity contribution >= 4 is 40.2 Å². The molecule has 2 rings (SSSR count). The first-order valence-electron chi connectivity index (χ1n) is 5.12. The first kappa shape index (κ1) is 11.4. The molecule has 0 aliphatic heterocycles. The molecule has 0 unspecified atom stereocenters. The van der Waals surface area contributed by atoms with E-state index in [9.17, 15) is 0 Å². The molecular formula is C10H14IN3S. The molecule has 15 heavy (non-hydrogen) atoms. The maximum atomic E-state index is 5.89. The first-order valence-corrected chi connectivity index (χ1v) is 7.35. The van der Waals surface area contributed by atoms with Gasteiger partial charge in [-0.25, -0.2) is 9.97 Å². The highest BCUT2D eigenvalue weighted by molar-refractivity contribution is 14.1. The monoisotopic (exact) mass is 335 g/mol. The van der Waals surface area contributed by atoms with Crippen molar-refractivity contribution in [3.63, 3.8) is 0 Å². The summed E-state index contributed by atoms with van der Waals surface area (Å²) in [5, 5.41) is 0. The van der Waals surface area contributed by atoms with E-state index in [-0.39, 0.29) is 0 Å². The second-order valence-electron chi connectivity index (χ2n) is 3.64. The van der Waals surface area contributed by atoms with Crippen LogP contribution < -0.4 is 5.73 Å². The summed E-state index contributed by atoms with van der Waals surface area (Å²) >= 11 is 4.09. The van der Waals surface area contributed by atoms with Gasteiger partial charge < -0.3 is 5.73 Å². The van der Waals surface area contributed by atoms with Crippen molar-refractivity contribution in [2.24, 2.45) is 0 Å². The number of halogens is 1. The van der Waals surface area contributed by atoms with Crippen LogP contribution in [0.3, 0.4) is 0 Å². The number of aromatic nitrogens is 2. The van der Waals surface area contributed by atoms with E-state index < -0.39 is 0 Å². The number of rotatable bonds is 4. The number of nitrogens with two attached hydrogens (primary N) is 1. The fourth-order valence-electron chi connectivity index (χ4n) is 1.42. The summed E-state index contributed by atoms with van der Waals surface area (Å²) < 4.78 is 1.06. The van der Waals surface area contributed by atoms with Gasteiger partial charge in [-0.3, -0.25) is 0 Å². The summed E-state index contributed by atoms with van der Waals surface area (Å²) in [5.74, 6) is 4.15. The van der Waals surface area contributed by atoms with Crippen LogP contribution in [0.5, 0.6) is 0 Å². The molecule has 2 N–H and O–H groups in total. The highest BCUT2D eigenvalue weighted by Crippen LogP contribution is 2.41. The van der Waals surface area contributed by atoms with Crippen molar-refractivity contribution in [1.29, 1.82) is 0 Å². The highest BCUT2D eigenvalue weighted by atomic mass is 127. The normalized spacial score (nSPS) is 15.6. The quantitative estimate of drug-likeness (QED) is 0.860. The van der Waals surface area contributed by atoms with Crippen LogP contribution in [0.1, 0.15) is 37.2 Å². The van der Waals surface area contributed by atoms with E-state index in [1.807, 2.05) is 11.8 Å². The summed E-state index contributed by atoms with van der Waals surface area (Å²) in [6.45, 7) is 2.14. The molecule has 3 nitrogen and oxygen atoms in total. The number of anilines is 1. The van der Waals surface area contributed by atoms with Crippen molar-refractivity contribution in [3.8, 4) is 0 Å². The number of hydrogen-bond acceptors (Lipinski definition) is 4. The molecule has 1 aliphatic rings. The smallest absolute Gasteiger partial charge is 0.140 e. The first-order chi connectivity index (χ1) is 7.22. The molecule has 1 fully saturated rings. The number of nitrogen functional groups attached to an aromatic ring is 1. The van der Waals surface area contributed by atoms with E-state index in [4.69, 9.17) is 5.73 Å². The molecular weight excluding hydrogens is 321 g/mol. The molecule has 0 atom stereocenters. The van der Waals surface area contributed by atoms with E-state index >= 15 is 0 Å². The zero-order chi connectivity index (χ0) is 10.8. The van der Waals surface area contributed by atoms with Gasteiger partial charge in [0, 0.05) is 5.92 Å². The van der Waals surface area contributed by atoms with Gasteiger partial charge in [-0.05, 0) is 41.2 Å². The Bertz CT molecular complexity index is 366. The summed E-state index contributed by atoms with van der Waals surface area (Å²) in [6.07, 6.45) is 2.51. The van der Waals surface area contributed by atoms with Crippen molar-refractivity contribution in [2.45, 2.75) is 31.4 Å². The molecule has 0 saturated heterocycles. The van der Waals surface area contributed by atoms with Crippen LogP contribution in [0.25, 0.3) is 0 Å². The van der Waals surface area contributed by atoms with Crippen molar-refractivity contribution in [2.75, 3.05) is 11.5 Å². The highest BCUT2D eigenvalue weighted by Gasteiger charge is 2.28. The van der Waals surface area contributed by atoms with Crippen LogP contribution in [0.4, 0.5) is 5.82 Å². The molecule has 1 aliphatic carbocycles. The predicted molar refractivity (Wildman–Crippen MR) is 73.0 cm³/mol. The lowest BCUT2D eigenvalue weighted by Gasteiger charge is -2.07. The van der Waals surface area contributed by atoms with Crippen LogP contribution >= 0.6 is 34.4 Å². The fraction of sp³-hybridized carbons (Fsp3) is 0.600. The predicted octanol–water partition coefficient (Wildman–Crippen LogP) is 2.79. The third-order valence-corrected chi connectivity index (χ3v) is 4.32. The van der Waals surface area contributed by atoms with E-state index in [0.717, 1.165) is 20.9 Å². The molecule has 0 amide bonds. The van der Waals surface area contributed by atoms with E-state index in [2.05, 4.69) is 39.5 Å². The summed E-state index contributed by atoms with van der Waals surface area (Å²) in [4.78, 5) is 8.93. The second kappa shape index (κ2) is 4.86. The Morgan fingerprint density at radius 3 is 2.80 bits per heavy atom. The fourth-order valence-corrected chi connectivity index (χ4v) is 2.62. The van der Waals surface area contributed by atoms with Crippen LogP contribution in [0.15, 0.2) is 0 Å². The Labute approximate surface area is 108 Å². The molecule has 0 aromatic carbocycles. The third-order valence-electron chi connectivity index (χ3n) is 2.35. The van der Waals surface area contributed by atoms with Gasteiger partial charge in [0.1, 0.15) is 11.6 Å². The lowest BCUT2D eigenvalue weighted by atomic mass is 10.3. The van der Waals surface area contributed by atoms with E-state index in [1.165, 1.54) is 18.5 Å². The van der Waals surface area contributed by atoms with Crippen LogP contribution in [-0.4, -0.2) is 15.7 Å². The lowest BCUT2D eigenvalue weighted by molar-refractivity contribution is 0.924. The van der Waals surface area contributed by atoms with Gasteiger partial charge in [0.05, 0.1) is 15.0 Å². The Balaban J connectivity index is 2.24. The van der Waals surface area contributed by atoms with Crippen molar-refractivity contribution in [3.05, 3.63) is 15.1 Å². The molecule has 1 heterocycles. The zero-order valence-electron chi connectivity index (χ0n) is 8.66. The van der Waals surface area contributed by atoms with Gasteiger partial charge in [-0.15, -0.1) is 0 Å². The third kappa shape index (κ3) is 2.75. The Hall–Kier alpha value is -0.0400. The number of hydrogen-bond donors (Lipinski definition) is 1. The zero-order valence-corrected chi connectivity index (χ0v) is 11.6. The molecule has 1 saturated carbocycles. The Morgan fingerprint density at radius 2 is 2.20 bits per heavy atom. The van der Waals surface area contributed by atoms with Crippen molar-refractivity contribution in [1.82, 2.24) is 9.97 Å². The maximum Gasteiger partial charge on any atom is 0.140 e. The summed E-state index contributed by atoms with van der Waals surface area (Å²) in [7, 11) is 0. The largest absolute Gasteiger partial charge is 0.383 e. The van der Waals surface area contributed by atoms with E-state index in [1.54, 1.807) is 0 Å². The van der Waals surface area contributed by atoms with Crippen molar-refractivity contribution < 1.29 is 0 Å². The van der Waals surface area contributed by atoms with Gasteiger partial charge in [-0.1, -0.05) is 6.92 Å². The number of thioether (sulfide) groups is 1. The maximum absolute atomic E-state index is 5.89. The topological polar surface area (TPSA) is 51.8 Å². The SMILES string of the molecule is CCSCc1nc(N)c(I)c(C2CC2)n1. The standard InChI is InChI=1S/C10H14IN3S/c1-2-15-5-7-13-9(6-3-4-6)8(11)10(12)14-7/h6H,2-5H2,1H3,(H2,12,13,14). The molecule has 0 bridgehead atoms. The van der Waals surface area contributed by atoms with Crippen LogP contribution in [-0.2, 0) is 5.75 Å². The van der Waals surface area contributed by atoms with Gasteiger partial charge in [0.25, 0.3) is 0 Å². The average Bonchev–Trinajstić information content (AvgIpc) is 3.03. The minimum atomic E-state index is 0.646. The minimum Gasteiger partial charge on any atom is -0.383 e. The number of nitrogens with zero attached hydrogens (tertiary/aromatic N) is 2. The molecule has 0 radical (unpaired) electrons. The van der Waals surface area contributed by atoms with E-state index in [0.29, 0.717) is 11.7 Å². The van der Waals surface area contributed by atoms with Crippen LogP contribution in [0.2, 0.25) is 0 Å². The van der Waals surface area contributed by atoms with Gasteiger partial charge in [0.2, 0.25) is 0 Å². The lowest BCUT2D eigenvalue weighted by Crippen LogP contribution is -2.06. The summed E-state index contributed by atoms with van der Waals surface area (Å²) in [5.41, 5.74) is 7.07. The van der Waals surface area contributed by atoms with Gasteiger partial charge in [-0.2, -0.15) is 11.8 Å². The Kier molecular flexibility index (Phi) is 3.71. The van der Waals surface area contributed by atoms with Gasteiger partial charge in [0.15, 0.2) is 0 Å². The molecule has 0 spiro atoms. The van der Waals surface area contributed by atoms with Crippen LogP contribution in [0, 0.1) is 3.57 Å². The average molecular weight is 335 g/mol. The Morgan fingerprint density at radius 1 is 1.47 bits per heavy atom.